The van der Waals surface area contributed by atoms with Crippen LogP contribution in [0.4, 0.5) is 5.69 Å². The lowest BCUT2D eigenvalue weighted by Crippen LogP contribution is -2.43. The van der Waals surface area contributed by atoms with Gasteiger partial charge in [-0.3, -0.25) is 9.59 Å². The van der Waals surface area contributed by atoms with Crippen LogP contribution in [-0.4, -0.2) is 36.4 Å². The van der Waals surface area contributed by atoms with Crippen molar-refractivity contribution in [2.75, 3.05) is 25.0 Å². The van der Waals surface area contributed by atoms with E-state index in [0.717, 1.165) is 0 Å². The number of carbonyl (C=O) groups excluding carboxylic acids is 2. The zero-order valence-electron chi connectivity index (χ0n) is 14.4. The zero-order valence-corrected chi connectivity index (χ0v) is 15.1. The van der Waals surface area contributed by atoms with E-state index >= 15 is 0 Å². The molecule has 1 N–H and O–H groups in total. The second kappa shape index (κ2) is 8.72. The maximum atomic E-state index is 12.4. The first-order valence-corrected chi connectivity index (χ1v) is 9.01. The molecule has 1 aliphatic heterocycles. The van der Waals surface area contributed by atoms with Crippen LogP contribution in [0, 0.1) is 5.92 Å². The predicted octanol–water partition coefficient (Wildman–Crippen LogP) is 3.60. The molecule has 26 heavy (non-hydrogen) atoms. The number of rotatable bonds is 5. The number of likely N-dealkylation sites (tertiary alicyclic amines) is 1. The van der Waals surface area contributed by atoms with Crippen molar-refractivity contribution in [1.29, 1.82) is 0 Å². The maximum absolute atomic E-state index is 12.4. The molecule has 1 aliphatic rings. The molecule has 136 valence electrons. The van der Waals surface area contributed by atoms with E-state index in [-0.39, 0.29) is 24.3 Å². The number of para-hydroxylation sites is 1. The molecule has 2 aromatic rings. The van der Waals surface area contributed by atoms with Crippen LogP contribution < -0.4 is 10.1 Å². The Kier molecular flexibility index (Phi) is 6.12. The van der Waals surface area contributed by atoms with Gasteiger partial charge in [0.05, 0.1) is 0 Å². The Morgan fingerprint density at radius 3 is 2.50 bits per heavy atom. The summed E-state index contributed by atoms with van der Waals surface area (Å²) in [6, 6.07) is 16.4. The lowest BCUT2D eigenvalue weighted by Gasteiger charge is -2.31. The van der Waals surface area contributed by atoms with Gasteiger partial charge in [-0.05, 0) is 43.2 Å². The molecule has 0 radical (unpaired) electrons. The van der Waals surface area contributed by atoms with Crippen molar-refractivity contribution in [2.24, 2.45) is 5.92 Å². The Hall–Kier alpha value is -2.53. The SMILES string of the molecule is O=C(Nc1cccc(Cl)c1)C1CCN(C(=O)COc2ccccc2)CC1. The zero-order chi connectivity index (χ0) is 18.4. The molecule has 1 fully saturated rings. The van der Waals surface area contributed by atoms with Crippen LogP contribution in [0.3, 0.4) is 0 Å². The summed E-state index contributed by atoms with van der Waals surface area (Å²) in [6.45, 7) is 1.14. The Labute approximate surface area is 157 Å². The number of ether oxygens (including phenoxy) is 1. The third kappa shape index (κ3) is 4.99. The summed E-state index contributed by atoms with van der Waals surface area (Å²) in [7, 11) is 0. The van der Waals surface area contributed by atoms with Gasteiger partial charge < -0.3 is 15.0 Å². The largest absolute Gasteiger partial charge is 0.484 e. The van der Waals surface area contributed by atoms with Gasteiger partial charge in [-0.15, -0.1) is 0 Å². The van der Waals surface area contributed by atoms with E-state index in [0.29, 0.717) is 42.4 Å². The van der Waals surface area contributed by atoms with Crippen LogP contribution in [-0.2, 0) is 9.59 Å². The number of carbonyl (C=O) groups is 2. The minimum Gasteiger partial charge on any atom is -0.484 e. The summed E-state index contributed by atoms with van der Waals surface area (Å²) < 4.78 is 5.50. The fourth-order valence-electron chi connectivity index (χ4n) is 2.95. The highest BCUT2D eigenvalue weighted by Crippen LogP contribution is 2.21. The number of hydrogen-bond acceptors (Lipinski definition) is 3. The highest BCUT2D eigenvalue weighted by molar-refractivity contribution is 6.30. The predicted molar refractivity (Wildman–Crippen MR) is 101 cm³/mol. The average molecular weight is 373 g/mol. The fraction of sp³-hybridized carbons (Fsp3) is 0.300. The van der Waals surface area contributed by atoms with E-state index in [4.69, 9.17) is 16.3 Å². The number of benzene rings is 2. The first-order valence-electron chi connectivity index (χ1n) is 8.64. The highest BCUT2D eigenvalue weighted by atomic mass is 35.5. The lowest BCUT2D eigenvalue weighted by molar-refractivity contribution is -0.136. The molecule has 2 aromatic carbocycles. The normalized spacial score (nSPS) is 14.7. The molecule has 0 bridgehead atoms. The molecule has 2 amide bonds. The maximum Gasteiger partial charge on any atom is 0.260 e. The van der Waals surface area contributed by atoms with Crippen molar-refractivity contribution in [3.05, 3.63) is 59.6 Å². The highest BCUT2D eigenvalue weighted by Gasteiger charge is 2.27. The summed E-state index contributed by atoms with van der Waals surface area (Å²) in [4.78, 5) is 26.4. The first-order chi connectivity index (χ1) is 12.6. The molecule has 0 unspecified atom stereocenters. The molecule has 6 heteroatoms. The third-order valence-electron chi connectivity index (χ3n) is 4.42. The quantitative estimate of drug-likeness (QED) is 0.872. The summed E-state index contributed by atoms with van der Waals surface area (Å²) >= 11 is 5.93. The van der Waals surface area contributed by atoms with Gasteiger partial charge >= 0.3 is 0 Å². The molecular formula is C20H21ClN2O3. The van der Waals surface area contributed by atoms with Gasteiger partial charge in [-0.25, -0.2) is 0 Å². The van der Waals surface area contributed by atoms with Gasteiger partial charge in [0, 0.05) is 29.7 Å². The van der Waals surface area contributed by atoms with E-state index in [2.05, 4.69) is 5.32 Å². The molecule has 0 saturated carbocycles. The van der Waals surface area contributed by atoms with Crippen LogP contribution in [0.1, 0.15) is 12.8 Å². The van der Waals surface area contributed by atoms with E-state index < -0.39 is 0 Å². The summed E-state index contributed by atoms with van der Waals surface area (Å²) in [5.41, 5.74) is 0.692. The summed E-state index contributed by atoms with van der Waals surface area (Å²) in [5.74, 6) is 0.493. The first kappa shape index (κ1) is 18.3. The topological polar surface area (TPSA) is 58.6 Å². The number of anilines is 1. The van der Waals surface area contributed by atoms with Crippen LogP contribution in [0.5, 0.6) is 5.75 Å². The Bertz CT molecular complexity index is 759. The summed E-state index contributed by atoms with van der Waals surface area (Å²) in [5, 5.41) is 3.48. The lowest BCUT2D eigenvalue weighted by atomic mass is 9.95. The van der Waals surface area contributed by atoms with Gasteiger partial charge in [0.2, 0.25) is 5.91 Å². The van der Waals surface area contributed by atoms with E-state index in [9.17, 15) is 9.59 Å². The number of halogens is 1. The second-order valence-electron chi connectivity index (χ2n) is 6.26. The number of nitrogens with one attached hydrogen (secondary N) is 1. The Morgan fingerprint density at radius 2 is 1.81 bits per heavy atom. The molecule has 0 spiro atoms. The molecule has 1 heterocycles. The van der Waals surface area contributed by atoms with E-state index in [1.54, 1.807) is 23.1 Å². The molecule has 3 rings (SSSR count). The van der Waals surface area contributed by atoms with Crippen LogP contribution >= 0.6 is 11.6 Å². The van der Waals surface area contributed by atoms with Gasteiger partial charge in [0.25, 0.3) is 5.91 Å². The molecular weight excluding hydrogens is 352 g/mol. The standard InChI is InChI=1S/C20H21ClN2O3/c21-16-5-4-6-17(13-16)22-20(25)15-9-11-23(12-10-15)19(24)14-26-18-7-2-1-3-8-18/h1-8,13,15H,9-12,14H2,(H,22,25). The van der Waals surface area contributed by atoms with Gasteiger partial charge in [-0.1, -0.05) is 35.9 Å². The van der Waals surface area contributed by atoms with E-state index in [1.807, 2.05) is 36.4 Å². The monoisotopic (exact) mass is 372 g/mol. The number of nitrogens with zero attached hydrogens (tertiary/aromatic N) is 1. The van der Waals surface area contributed by atoms with Crippen molar-refractivity contribution < 1.29 is 14.3 Å². The third-order valence-corrected chi connectivity index (χ3v) is 4.65. The van der Waals surface area contributed by atoms with Crippen LogP contribution in [0.25, 0.3) is 0 Å². The fourth-order valence-corrected chi connectivity index (χ4v) is 3.15. The summed E-state index contributed by atoms with van der Waals surface area (Å²) in [6.07, 6.45) is 1.28. The van der Waals surface area contributed by atoms with Crippen molar-refractivity contribution >= 4 is 29.1 Å². The minimum absolute atomic E-state index is 0.0173. The smallest absolute Gasteiger partial charge is 0.260 e. The minimum atomic E-state index is -0.104. The van der Waals surface area contributed by atoms with Crippen LogP contribution in [0.15, 0.2) is 54.6 Å². The van der Waals surface area contributed by atoms with Gasteiger partial charge in [0.15, 0.2) is 6.61 Å². The van der Waals surface area contributed by atoms with Crippen molar-refractivity contribution in [3.8, 4) is 5.75 Å². The van der Waals surface area contributed by atoms with E-state index in [1.165, 1.54) is 0 Å². The number of hydrogen-bond donors (Lipinski definition) is 1. The molecule has 0 aliphatic carbocycles. The van der Waals surface area contributed by atoms with Crippen molar-refractivity contribution in [3.63, 3.8) is 0 Å². The Morgan fingerprint density at radius 1 is 1.08 bits per heavy atom. The second-order valence-corrected chi connectivity index (χ2v) is 6.69. The van der Waals surface area contributed by atoms with Crippen molar-refractivity contribution in [1.82, 2.24) is 4.90 Å². The van der Waals surface area contributed by atoms with Gasteiger partial charge in [0.1, 0.15) is 5.75 Å². The van der Waals surface area contributed by atoms with Crippen LogP contribution in [0.2, 0.25) is 5.02 Å². The van der Waals surface area contributed by atoms with Crippen molar-refractivity contribution in [2.45, 2.75) is 12.8 Å². The molecule has 5 nitrogen and oxygen atoms in total. The Balaban J connectivity index is 1.44. The molecule has 0 aromatic heterocycles. The van der Waals surface area contributed by atoms with Gasteiger partial charge in [-0.2, -0.15) is 0 Å². The number of piperidine rings is 1. The molecule has 1 saturated heterocycles. The number of amides is 2. The average Bonchev–Trinajstić information content (AvgIpc) is 2.67. The molecule has 0 atom stereocenters.